The molecule has 2 aromatic rings. The zero-order valence-corrected chi connectivity index (χ0v) is 9.71. The van der Waals surface area contributed by atoms with Gasteiger partial charge in [-0.25, -0.2) is 4.98 Å². The molecule has 2 N–H and O–H groups in total. The first-order valence-electron chi connectivity index (χ1n) is 5.34. The fourth-order valence-electron chi connectivity index (χ4n) is 1.38. The van der Waals surface area contributed by atoms with Gasteiger partial charge in [-0.3, -0.25) is 0 Å². The summed E-state index contributed by atoms with van der Waals surface area (Å²) in [6.07, 6.45) is 1.67. The third-order valence-corrected chi connectivity index (χ3v) is 2.22. The molecule has 0 saturated carbocycles. The third kappa shape index (κ3) is 2.59. The lowest BCUT2D eigenvalue weighted by atomic mass is 10.2. The zero-order valence-electron chi connectivity index (χ0n) is 9.71. The highest BCUT2D eigenvalue weighted by Gasteiger charge is 2.13. The molecule has 0 aliphatic heterocycles. The minimum Gasteiger partial charge on any atom is -0.394 e. The summed E-state index contributed by atoms with van der Waals surface area (Å²) >= 11 is 0. The number of aryl methyl sites for hydroxylation is 1. The number of nitrogens with one attached hydrogen (secondary N) is 1. The molecule has 0 radical (unpaired) electrons. The van der Waals surface area contributed by atoms with Gasteiger partial charge in [-0.15, -0.1) is 0 Å². The van der Waals surface area contributed by atoms with Gasteiger partial charge in [-0.2, -0.15) is 4.98 Å². The summed E-state index contributed by atoms with van der Waals surface area (Å²) in [5.74, 6) is 1.62. The van der Waals surface area contributed by atoms with E-state index in [2.05, 4.69) is 20.4 Å². The van der Waals surface area contributed by atoms with E-state index in [4.69, 9.17) is 9.63 Å². The molecule has 6 nitrogen and oxygen atoms in total. The Bertz CT molecular complexity index is 498. The Morgan fingerprint density at radius 2 is 2.35 bits per heavy atom. The van der Waals surface area contributed by atoms with Crippen LogP contribution in [0.25, 0.3) is 11.5 Å². The largest absolute Gasteiger partial charge is 0.394 e. The maximum atomic E-state index is 9.02. The van der Waals surface area contributed by atoms with Crippen LogP contribution in [-0.4, -0.2) is 32.9 Å². The van der Waals surface area contributed by atoms with Crippen molar-refractivity contribution >= 4 is 5.82 Å². The van der Waals surface area contributed by atoms with Gasteiger partial charge in [0, 0.05) is 12.2 Å². The van der Waals surface area contributed by atoms with Gasteiger partial charge in [0.05, 0.1) is 12.2 Å². The zero-order chi connectivity index (χ0) is 12.3. The number of aromatic nitrogens is 3. The monoisotopic (exact) mass is 234 g/mol. The maximum absolute atomic E-state index is 9.02. The van der Waals surface area contributed by atoms with Gasteiger partial charge in [-0.1, -0.05) is 5.16 Å². The molecule has 0 aliphatic rings. The molecule has 0 spiro atoms. The highest BCUT2D eigenvalue weighted by Crippen LogP contribution is 2.24. The van der Waals surface area contributed by atoms with Crippen LogP contribution in [0, 0.1) is 6.92 Å². The van der Waals surface area contributed by atoms with Gasteiger partial charge >= 0.3 is 0 Å². The lowest BCUT2D eigenvalue weighted by Crippen LogP contribution is -2.20. The van der Waals surface area contributed by atoms with Crippen LogP contribution in [0.4, 0.5) is 5.82 Å². The smallest absolute Gasteiger partial charge is 0.261 e. The van der Waals surface area contributed by atoms with Crippen LogP contribution in [0.15, 0.2) is 22.9 Å². The van der Waals surface area contributed by atoms with E-state index in [1.165, 1.54) is 0 Å². The van der Waals surface area contributed by atoms with Gasteiger partial charge in [-0.05, 0) is 26.0 Å². The number of pyridine rings is 1. The maximum Gasteiger partial charge on any atom is 0.261 e. The summed E-state index contributed by atoms with van der Waals surface area (Å²) in [6, 6.07) is 3.54. The quantitative estimate of drug-likeness (QED) is 0.827. The molecule has 17 heavy (non-hydrogen) atoms. The number of aliphatic hydroxyl groups is 1. The topological polar surface area (TPSA) is 84.1 Å². The van der Waals surface area contributed by atoms with Crippen LogP contribution in [0.3, 0.4) is 0 Å². The molecule has 2 heterocycles. The van der Waals surface area contributed by atoms with Gasteiger partial charge in [0.1, 0.15) is 5.82 Å². The fourth-order valence-corrected chi connectivity index (χ4v) is 1.38. The van der Waals surface area contributed by atoms with E-state index in [9.17, 15) is 0 Å². The first-order valence-corrected chi connectivity index (χ1v) is 5.34. The average Bonchev–Trinajstić information content (AvgIpc) is 2.76. The number of hydrogen-bond donors (Lipinski definition) is 2. The number of rotatable bonds is 4. The third-order valence-electron chi connectivity index (χ3n) is 2.22. The lowest BCUT2D eigenvalue weighted by molar-refractivity contribution is 0.281. The Morgan fingerprint density at radius 3 is 3.00 bits per heavy atom. The molecule has 6 heteroatoms. The normalized spacial score (nSPS) is 12.4. The average molecular weight is 234 g/mol. The van der Waals surface area contributed by atoms with E-state index < -0.39 is 0 Å². The predicted molar refractivity (Wildman–Crippen MR) is 62.4 cm³/mol. The molecule has 0 saturated heterocycles. The molecule has 0 amide bonds. The second-order valence-corrected chi connectivity index (χ2v) is 3.77. The molecule has 90 valence electrons. The van der Waals surface area contributed by atoms with Gasteiger partial charge in [0.2, 0.25) is 0 Å². The Kier molecular flexibility index (Phi) is 3.34. The standard InChI is InChI=1S/C11H14N4O2/c1-7(6-16)13-10-9(4-3-5-12-10)11-14-8(2)15-17-11/h3-5,7,16H,6H2,1-2H3,(H,12,13). The van der Waals surface area contributed by atoms with Crippen LogP contribution >= 0.6 is 0 Å². The van der Waals surface area contributed by atoms with Crippen molar-refractivity contribution in [2.24, 2.45) is 0 Å². The van der Waals surface area contributed by atoms with Crippen molar-refractivity contribution in [1.82, 2.24) is 15.1 Å². The van der Waals surface area contributed by atoms with Gasteiger partial charge in [0.15, 0.2) is 5.82 Å². The van der Waals surface area contributed by atoms with Crippen molar-refractivity contribution in [1.29, 1.82) is 0 Å². The van der Waals surface area contributed by atoms with E-state index in [0.717, 1.165) is 5.56 Å². The van der Waals surface area contributed by atoms with Crippen molar-refractivity contribution in [2.75, 3.05) is 11.9 Å². The molecule has 1 atom stereocenters. The second-order valence-electron chi connectivity index (χ2n) is 3.77. The summed E-state index contributed by atoms with van der Waals surface area (Å²) in [6.45, 7) is 3.64. The van der Waals surface area contributed by atoms with Crippen molar-refractivity contribution in [3.63, 3.8) is 0 Å². The molecule has 2 aromatic heterocycles. The van der Waals surface area contributed by atoms with Crippen molar-refractivity contribution in [2.45, 2.75) is 19.9 Å². The molecular weight excluding hydrogens is 220 g/mol. The highest BCUT2D eigenvalue weighted by atomic mass is 16.5. The van der Waals surface area contributed by atoms with E-state index in [-0.39, 0.29) is 12.6 Å². The fraction of sp³-hybridized carbons (Fsp3) is 0.364. The Hall–Kier alpha value is -1.95. The molecule has 2 rings (SSSR count). The molecule has 0 aromatic carbocycles. The van der Waals surface area contributed by atoms with Crippen LogP contribution < -0.4 is 5.32 Å². The van der Waals surface area contributed by atoms with E-state index in [1.807, 2.05) is 13.0 Å². The number of nitrogens with zero attached hydrogens (tertiary/aromatic N) is 3. The van der Waals surface area contributed by atoms with Crippen LogP contribution in [0.5, 0.6) is 0 Å². The van der Waals surface area contributed by atoms with Crippen molar-refractivity contribution in [3.05, 3.63) is 24.2 Å². The summed E-state index contributed by atoms with van der Waals surface area (Å²) < 4.78 is 5.10. The number of hydrogen-bond acceptors (Lipinski definition) is 6. The van der Waals surface area contributed by atoms with E-state index in [0.29, 0.717) is 17.5 Å². The Balaban J connectivity index is 2.33. The van der Waals surface area contributed by atoms with Crippen LogP contribution in [0.1, 0.15) is 12.7 Å². The predicted octanol–water partition coefficient (Wildman–Crippen LogP) is 1.23. The molecule has 1 unspecified atom stereocenters. The van der Waals surface area contributed by atoms with Gasteiger partial charge < -0.3 is 14.9 Å². The summed E-state index contributed by atoms with van der Waals surface area (Å²) in [5.41, 5.74) is 0.730. The molecule has 0 fully saturated rings. The lowest BCUT2D eigenvalue weighted by Gasteiger charge is -2.12. The van der Waals surface area contributed by atoms with E-state index in [1.54, 1.807) is 19.2 Å². The minimum absolute atomic E-state index is 0.0267. The first kappa shape index (κ1) is 11.5. The number of anilines is 1. The van der Waals surface area contributed by atoms with Crippen LogP contribution in [0.2, 0.25) is 0 Å². The SMILES string of the molecule is Cc1noc(-c2cccnc2NC(C)CO)n1. The second kappa shape index (κ2) is 4.92. The van der Waals surface area contributed by atoms with E-state index >= 15 is 0 Å². The molecule has 0 bridgehead atoms. The number of aliphatic hydroxyl groups excluding tert-OH is 1. The summed E-state index contributed by atoms with van der Waals surface area (Å²) in [7, 11) is 0. The minimum atomic E-state index is -0.0901. The highest BCUT2D eigenvalue weighted by molar-refractivity contribution is 5.68. The summed E-state index contributed by atoms with van der Waals surface area (Å²) in [5, 5.41) is 15.8. The van der Waals surface area contributed by atoms with Crippen molar-refractivity contribution < 1.29 is 9.63 Å². The van der Waals surface area contributed by atoms with Crippen molar-refractivity contribution in [3.8, 4) is 11.5 Å². The Labute approximate surface area is 98.7 Å². The van der Waals surface area contributed by atoms with Crippen LogP contribution in [-0.2, 0) is 0 Å². The Morgan fingerprint density at radius 1 is 1.53 bits per heavy atom. The molecule has 0 aliphatic carbocycles. The summed E-state index contributed by atoms with van der Waals surface area (Å²) in [4.78, 5) is 8.36. The molecular formula is C11H14N4O2. The first-order chi connectivity index (χ1) is 8.20. The van der Waals surface area contributed by atoms with Gasteiger partial charge in [0.25, 0.3) is 5.89 Å².